The van der Waals surface area contributed by atoms with E-state index in [0.29, 0.717) is 31.8 Å². The van der Waals surface area contributed by atoms with Gasteiger partial charge < -0.3 is 19.9 Å². The highest BCUT2D eigenvalue weighted by atomic mass is 16.5. The van der Waals surface area contributed by atoms with E-state index in [1.54, 1.807) is 6.21 Å². The van der Waals surface area contributed by atoms with E-state index in [1.807, 2.05) is 37.8 Å². The first kappa shape index (κ1) is 26.4. The molecule has 1 unspecified atom stereocenters. The number of carbonyl (C=O) groups is 3. The Morgan fingerprint density at radius 1 is 1.26 bits per heavy atom. The van der Waals surface area contributed by atoms with Crippen LogP contribution >= 0.6 is 0 Å². The highest BCUT2D eigenvalue weighted by molar-refractivity contribution is 5.95. The summed E-state index contributed by atoms with van der Waals surface area (Å²) in [7, 11) is 3.50. The highest BCUT2D eigenvalue weighted by Crippen LogP contribution is 2.39. The van der Waals surface area contributed by atoms with Gasteiger partial charge in [-0.3, -0.25) is 19.4 Å². The van der Waals surface area contributed by atoms with Crippen LogP contribution in [0.2, 0.25) is 0 Å². The summed E-state index contributed by atoms with van der Waals surface area (Å²) in [5, 5.41) is 3.01. The van der Waals surface area contributed by atoms with Crippen LogP contribution in [0, 0.1) is 11.3 Å². The number of carbonyl (C=O) groups excluding carboxylic acids is 3. The van der Waals surface area contributed by atoms with Crippen LogP contribution in [0.3, 0.4) is 0 Å². The van der Waals surface area contributed by atoms with Gasteiger partial charge >= 0.3 is 5.97 Å². The Labute approximate surface area is 204 Å². The second kappa shape index (κ2) is 10.2. The maximum atomic E-state index is 13.5. The second-order valence-corrected chi connectivity index (χ2v) is 11.3. The van der Waals surface area contributed by atoms with Crippen molar-refractivity contribution in [2.24, 2.45) is 16.3 Å². The third-order valence-electron chi connectivity index (χ3n) is 8.17. The van der Waals surface area contributed by atoms with Crippen molar-refractivity contribution in [2.75, 3.05) is 20.7 Å². The lowest BCUT2D eigenvalue weighted by Gasteiger charge is -2.43. The van der Waals surface area contributed by atoms with Gasteiger partial charge in [0.15, 0.2) is 0 Å². The van der Waals surface area contributed by atoms with Gasteiger partial charge in [0.1, 0.15) is 11.6 Å². The first-order valence-electron chi connectivity index (χ1n) is 12.5. The van der Waals surface area contributed by atoms with Crippen molar-refractivity contribution in [3.05, 3.63) is 12.2 Å². The number of aliphatic imine (C=N–C) groups is 1. The van der Waals surface area contributed by atoms with Crippen LogP contribution in [-0.4, -0.2) is 84.2 Å². The number of ether oxygens (including phenoxy) is 1. The van der Waals surface area contributed by atoms with Crippen LogP contribution < -0.4 is 5.32 Å². The van der Waals surface area contributed by atoms with Crippen LogP contribution in [0.1, 0.15) is 66.7 Å². The maximum Gasteiger partial charge on any atom is 0.310 e. The topological polar surface area (TPSA) is 91.3 Å². The first-order chi connectivity index (χ1) is 15.9. The third-order valence-corrected chi connectivity index (χ3v) is 8.17. The van der Waals surface area contributed by atoms with E-state index in [4.69, 9.17) is 4.74 Å². The number of hydrogen-bond acceptors (Lipinski definition) is 6. The van der Waals surface area contributed by atoms with Gasteiger partial charge in [0.2, 0.25) is 11.8 Å². The van der Waals surface area contributed by atoms with Crippen molar-refractivity contribution in [1.29, 1.82) is 0 Å². The summed E-state index contributed by atoms with van der Waals surface area (Å²) in [5.74, 6) is -0.950. The van der Waals surface area contributed by atoms with Crippen molar-refractivity contribution >= 4 is 24.0 Å². The molecule has 8 nitrogen and oxygen atoms in total. The van der Waals surface area contributed by atoms with Gasteiger partial charge in [-0.25, -0.2) is 0 Å². The molecule has 0 aromatic heterocycles. The predicted molar refractivity (Wildman–Crippen MR) is 133 cm³/mol. The fourth-order valence-corrected chi connectivity index (χ4v) is 5.66. The molecule has 8 heteroatoms. The number of allylic oxidation sites excluding steroid dienone is 1. The number of esters is 1. The van der Waals surface area contributed by atoms with Crippen LogP contribution in [0.25, 0.3) is 0 Å². The molecule has 34 heavy (non-hydrogen) atoms. The van der Waals surface area contributed by atoms with Gasteiger partial charge in [-0.15, -0.1) is 0 Å². The normalized spacial score (nSPS) is 31.9. The number of likely N-dealkylation sites (tertiary alicyclic amines) is 1. The minimum absolute atomic E-state index is 0.109. The number of rotatable bonds is 6. The van der Waals surface area contributed by atoms with Crippen LogP contribution in [0.5, 0.6) is 0 Å². The van der Waals surface area contributed by atoms with Gasteiger partial charge in [0, 0.05) is 37.3 Å². The molecule has 0 bridgehead atoms. The molecule has 0 radical (unpaired) electrons. The molecule has 1 aliphatic carbocycles. The molecular formula is C26H42N4O4. The van der Waals surface area contributed by atoms with E-state index in [-0.39, 0.29) is 35.8 Å². The van der Waals surface area contributed by atoms with Crippen molar-refractivity contribution in [2.45, 2.75) is 96.4 Å². The summed E-state index contributed by atoms with van der Waals surface area (Å²) < 4.78 is 5.14. The first-order valence-corrected chi connectivity index (χ1v) is 12.5. The van der Waals surface area contributed by atoms with Crippen molar-refractivity contribution in [1.82, 2.24) is 15.1 Å². The summed E-state index contributed by atoms with van der Waals surface area (Å²) in [6, 6.07) is -0.147. The molecule has 1 N–H and O–H groups in total. The Kier molecular flexibility index (Phi) is 7.90. The van der Waals surface area contributed by atoms with Crippen molar-refractivity contribution < 1.29 is 19.1 Å². The predicted octanol–water partition coefficient (Wildman–Crippen LogP) is 2.57. The summed E-state index contributed by atoms with van der Waals surface area (Å²) in [6.45, 7) is 10.8. The van der Waals surface area contributed by atoms with Gasteiger partial charge in [-0.05, 0) is 58.1 Å². The minimum Gasteiger partial charge on any atom is -0.469 e. The summed E-state index contributed by atoms with van der Waals surface area (Å²) in [5.41, 5.74) is -1.35. The SMILES string of the molecule is COC(=O)[C@@H]1C[C@H](N(C)C(C)C)CC[C@@H]1N1CC[C@H](NC(=O)C2(C(C)(C)C)CC=CC=N2)C1=O. The molecule has 1 saturated carbocycles. The van der Waals surface area contributed by atoms with E-state index in [9.17, 15) is 14.4 Å². The van der Waals surface area contributed by atoms with E-state index >= 15 is 0 Å². The van der Waals surface area contributed by atoms with E-state index in [1.165, 1.54) is 7.11 Å². The Morgan fingerprint density at radius 2 is 1.97 bits per heavy atom. The zero-order valence-corrected chi connectivity index (χ0v) is 21.8. The molecule has 3 rings (SSSR count). The molecule has 2 aliphatic heterocycles. The van der Waals surface area contributed by atoms with Gasteiger partial charge in [0.05, 0.1) is 13.0 Å². The van der Waals surface area contributed by atoms with Gasteiger partial charge in [-0.1, -0.05) is 26.8 Å². The van der Waals surface area contributed by atoms with Crippen molar-refractivity contribution in [3.8, 4) is 0 Å². The molecule has 190 valence electrons. The Bertz CT molecular complexity index is 846. The zero-order valence-electron chi connectivity index (χ0n) is 21.8. The quantitative estimate of drug-likeness (QED) is 0.598. The Morgan fingerprint density at radius 3 is 2.53 bits per heavy atom. The van der Waals surface area contributed by atoms with E-state index in [2.05, 4.69) is 36.1 Å². The summed E-state index contributed by atoms with van der Waals surface area (Å²) in [4.78, 5) is 48.3. The number of methoxy groups -OCH3 is 1. The molecule has 0 aromatic rings. The molecule has 0 aromatic carbocycles. The number of dihydropyridines is 1. The van der Waals surface area contributed by atoms with E-state index in [0.717, 1.165) is 12.8 Å². The monoisotopic (exact) mass is 474 g/mol. The number of nitrogens with zero attached hydrogens (tertiary/aromatic N) is 3. The third kappa shape index (κ3) is 4.92. The molecular weight excluding hydrogens is 432 g/mol. The molecule has 3 aliphatic rings. The summed E-state index contributed by atoms with van der Waals surface area (Å²) in [6.07, 6.45) is 8.84. The lowest BCUT2D eigenvalue weighted by molar-refractivity contribution is -0.152. The van der Waals surface area contributed by atoms with Crippen molar-refractivity contribution in [3.63, 3.8) is 0 Å². The number of hydrogen-bond donors (Lipinski definition) is 1. The Hall–Kier alpha value is -2.22. The highest BCUT2D eigenvalue weighted by Gasteiger charge is 2.51. The van der Waals surface area contributed by atoms with Gasteiger partial charge in [-0.2, -0.15) is 0 Å². The molecule has 5 atom stereocenters. The second-order valence-electron chi connectivity index (χ2n) is 11.3. The number of amides is 2. The minimum atomic E-state index is -0.941. The molecule has 2 heterocycles. The van der Waals surface area contributed by atoms with Gasteiger partial charge in [0.25, 0.3) is 0 Å². The van der Waals surface area contributed by atoms with E-state index < -0.39 is 17.0 Å². The molecule has 2 fully saturated rings. The van der Waals surface area contributed by atoms with Crippen LogP contribution in [0.15, 0.2) is 17.1 Å². The lowest BCUT2D eigenvalue weighted by Crippen LogP contribution is -2.58. The summed E-state index contributed by atoms with van der Waals surface area (Å²) >= 11 is 0. The lowest BCUT2D eigenvalue weighted by atomic mass is 9.70. The van der Waals surface area contributed by atoms with Crippen LogP contribution in [0.4, 0.5) is 0 Å². The Balaban J connectivity index is 1.73. The molecule has 2 amide bonds. The standard InChI is InChI=1S/C26H42N4O4/c1-17(2)29(6)18-10-11-21(19(16-18)23(32)34-7)30-15-12-20(22(30)31)28-24(33)26(25(3,4)5)13-8-9-14-27-26/h8-9,14,17-21H,10-13,15-16H2,1-7H3,(H,28,33)/t18-,19-,20+,21+,26?/m1/s1. The fraction of sp³-hybridized carbons (Fsp3) is 0.769. The number of nitrogens with one attached hydrogen (secondary N) is 1. The van der Waals surface area contributed by atoms with Crippen LogP contribution in [-0.2, 0) is 19.1 Å². The molecule has 1 saturated heterocycles. The fourth-order valence-electron chi connectivity index (χ4n) is 5.66. The average Bonchev–Trinajstić information content (AvgIpc) is 3.16. The molecule has 0 spiro atoms. The average molecular weight is 475 g/mol. The zero-order chi connectivity index (χ0) is 25.3. The maximum absolute atomic E-state index is 13.5. The smallest absolute Gasteiger partial charge is 0.310 e. The largest absolute Gasteiger partial charge is 0.469 e.